The van der Waals surface area contributed by atoms with Crippen LogP contribution in [0.25, 0.3) is 0 Å². The fourth-order valence-electron chi connectivity index (χ4n) is 3.97. The van der Waals surface area contributed by atoms with Gasteiger partial charge in [0.2, 0.25) is 17.7 Å². The van der Waals surface area contributed by atoms with Gasteiger partial charge in [-0.15, -0.1) is 0 Å². The summed E-state index contributed by atoms with van der Waals surface area (Å²) in [5.74, 6) is -0.673. The van der Waals surface area contributed by atoms with E-state index >= 15 is 0 Å². The van der Waals surface area contributed by atoms with Gasteiger partial charge < -0.3 is 24.6 Å². The highest BCUT2D eigenvalue weighted by atomic mass is 19.1. The maximum absolute atomic E-state index is 13.9. The summed E-state index contributed by atoms with van der Waals surface area (Å²) in [4.78, 5) is 41.4. The van der Waals surface area contributed by atoms with Gasteiger partial charge in [0.1, 0.15) is 17.6 Å². The van der Waals surface area contributed by atoms with Gasteiger partial charge in [-0.05, 0) is 58.0 Å². The zero-order valence-electron chi connectivity index (χ0n) is 22.8. The van der Waals surface area contributed by atoms with Crippen LogP contribution in [0.5, 0.6) is 11.5 Å². The van der Waals surface area contributed by atoms with Crippen molar-refractivity contribution >= 4 is 29.2 Å². The third-order valence-electron chi connectivity index (χ3n) is 5.57. The lowest BCUT2D eigenvalue weighted by atomic mass is 9.98. The molecule has 3 rings (SSSR count). The van der Waals surface area contributed by atoms with Crippen molar-refractivity contribution in [3.63, 3.8) is 0 Å². The van der Waals surface area contributed by atoms with E-state index in [9.17, 15) is 18.8 Å². The molecule has 1 unspecified atom stereocenters. The quantitative estimate of drug-likeness (QED) is 0.387. The Morgan fingerprint density at radius 3 is 2.31 bits per heavy atom. The number of nitrogens with zero attached hydrogens (tertiary/aromatic N) is 2. The van der Waals surface area contributed by atoms with Gasteiger partial charge in [0.25, 0.3) is 0 Å². The number of aromatic nitrogens is 1. The molecule has 2 N–H and O–H groups in total. The van der Waals surface area contributed by atoms with E-state index in [2.05, 4.69) is 15.8 Å². The maximum Gasteiger partial charge on any atom is 0.248 e. The lowest BCUT2D eigenvalue weighted by Gasteiger charge is -2.34. The summed E-state index contributed by atoms with van der Waals surface area (Å²) < 4.78 is 29.8. The Morgan fingerprint density at radius 1 is 1.05 bits per heavy atom. The van der Waals surface area contributed by atoms with E-state index in [4.69, 9.17) is 14.0 Å². The van der Waals surface area contributed by atoms with E-state index in [0.717, 1.165) is 0 Å². The number of hydrogen-bond acceptors (Lipinski definition) is 7. The Morgan fingerprint density at radius 2 is 1.74 bits per heavy atom. The molecule has 2 aromatic carbocycles. The van der Waals surface area contributed by atoms with Crippen LogP contribution in [0.4, 0.5) is 15.9 Å². The standard InChI is InChI=1S/C28H33FN4O6/c1-17-16-22(32-39-17)30-23(34)14-15-24(35)33(19-12-10-18(29)11-13-19)25(27(36)31-28(2,3)4)20-8-7-9-21(37-5)26(20)38-6/h7-13,16,25H,14-15H2,1-6H3,(H,31,36)(H,30,32,34). The summed E-state index contributed by atoms with van der Waals surface area (Å²) in [6, 6.07) is 10.5. The number of para-hydroxylation sites is 1. The number of amides is 3. The number of nitrogens with one attached hydrogen (secondary N) is 2. The number of aryl methyl sites for hydroxylation is 1. The second-order valence-electron chi connectivity index (χ2n) is 9.84. The average molecular weight is 541 g/mol. The van der Waals surface area contributed by atoms with Gasteiger partial charge >= 0.3 is 0 Å². The van der Waals surface area contributed by atoms with Crippen molar-refractivity contribution in [2.45, 2.75) is 52.1 Å². The lowest BCUT2D eigenvalue weighted by molar-refractivity contribution is -0.128. The predicted octanol–water partition coefficient (Wildman–Crippen LogP) is 4.55. The highest BCUT2D eigenvalue weighted by Crippen LogP contribution is 2.39. The molecule has 0 saturated carbocycles. The van der Waals surface area contributed by atoms with Gasteiger partial charge in [-0.3, -0.25) is 19.3 Å². The van der Waals surface area contributed by atoms with E-state index in [1.165, 1.54) is 43.4 Å². The van der Waals surface area contributed by atoms with Gasteiger partial charge in [-0.1, -0.05) is 17.3 Å². The summed E-state index contributed by atoms with van der Waals surface area (Å²) in [5.41, 5.74) is -0.0409. The van der Waals surface area contributed by atoms with Gasteiger partial charge in [0, 0.05) is 35.7 Å². The molecule has 10 nitrogen and oxygen atoms in total. The number of carbonyl (C=O) groups is 3. The number of halogens is 1. The largest absolute Gasteiger partial charge is 0.493 e. The number of benzene rings is 2. The Hall–Kier alpha value is -4.41. The molecule has 0 aliphatic carbocycles. The van der Waals surface area contributed by atoms with E-state index < -0.39 is 35.1 Å². The number of rotatable bonds is 10. The van der Waals surface area contributed by atoms with Gasteiger partial charge in [0.05, 0.1) is 14.2 Å². The minimum absolute atomic E-state index is 0.203. The van der Waals surface area contributed by atoms with Crippen LogP contribution >= 0.6 is 0 Å². The second-order valence-corrected chi connectivity index (χ2v) is 9.84. The Kier molecular flexibility index (Phi) is 9.29. The van der Waals surface area contributed by atoms with Crippen molar-refractivity contribution in [3.05, 3.63) is 65.7 Å². The molecule has 3 amide bonds. The van der Waals surface area contributed by atoms with Crippen molar-refractivity contribution in [2.24, 2.45) is 0 Å². The molecule has 1 heterocycles. The zero-order chi connectivity index (χ0) is 28.7. The number of carbonyl (C=O) groups excluding carboxylic acids is 3. The molecule has 208 valence electrons. The first-order valence-corrected chi connectivity index (χ1v) is 12.3. The van der Waals surface area contributed by atoms with E-state index in [1.54, 1.807) is 31.2 Å². The van der Waals surface area contributed by atoms with Gasteiger partial charge in [0.15, 0.2) is 17.3 Å². The molecule has 11 heteroatoms. The van der Waals surface area contributed by atoms with Crippen LogP contribution in [0.3, 0.4) is 0 Å². The monoisotopic (exact) mass is 540 g/mol. The van der Waals surface area contributed by atoms with Gasteiger partial charge in [-0.25, -0.2) is 4.39 Å². The van der Waals surface area contributed by atoms with Crippen molar-refractivity contribution in [1.29, 1.82) is 0 Å². The molecule has 0 radical (unpaired) electrons. The number of methoxy groups -OCH3 is 2. The van der Waals surface area contributed by atoms with E-state index in [1.807, 2.05) is 20.8 Å². The zero-order valence-corrected chi connectivity index (χ0v) is 22.8. The minimum atomic E-state index is -1.24. The molecule has 0 fully saturated rings. The molecular formula is C28H33FN4O6. The Labute approximate surface area is 226 Å². The van der Waals surface area contributed by atoms with Gasteiger partial charge in [-0.2, -0.15) is 0 Å². The molecule has 0 aliphatic heterocycles. The first-order chi connectivity index (χ1) is 18.4. The smallest absolute Gasteiger partial charge is 0.248 e. The topological polar surface area (TPSA) is 123 Å². The van der Waals surface area contributed by atoms with Crippen LogP contribution in [0.2, 0.25) is 0 Å². The fourth-order valence-corrected chi connectivity index (χ4v) is 3.97. The van der Waals surface area contributed by atoms with Crippen LogP contribution in [-0.4, -0.2) is 42.6 Å². The lowest BCUT2D eigenvalue weighted by Crippen LogP contribution is -2.49. The number of ether oxygens (including phenoxy) is 2. The van der Waals surface area contributed by atoms with Crippen molar-refractivity contribution in [2.75, 3.05) is 24.4 Å². The summed E-state index contributed by atoms with van der Waals surface area (Å²) in [5, 5.41) is 9.21. The SMILES string of the molecule is COc1cccc(C(C(=O)NC(C)(C)C)N(C(=O)CCC(=O)Nc2cc(C)on2)c2ccc(F)cc2)c1OC. The van der Waals surface area contributed by atoms with Crippen molar-refractivity contribution in [1.82, 2.24) is 10.5 Å². The molecule has 0 bridgehead atoms. The molecule has 3 aromatic rings. The highest BCUT2D eigenvalue weighted by Gasteiger charge is 2.37. The van der Waals surface area contributed by atoms with Crippen LogP contribution < -0.4 is 25.0 Å². The summed E-state index contributed by atoms with van der Waals surface area (Å²) in [6.07, 6.45) is -0.461. The first-order valence-electron chi connectivity index (χ1n) is 12.3. The molecule has 0 aliphatic rings. The normalized spacial score (nSPS) is 11.9. The molecule has 39 heavy (non-hydrogen) atoms. The van der Waals surface area contributed by atoms with Crippen molar-refractivity contribution < 1.29 is 32.8 Å². The molecule has 0 saturated heterocycles. The maximum atomic E-state index is 13.9. The van der Waals surface area contributed by atoms with E-state index in [0.29, 0.717) is 17.1 Å². The first kappa shape index (κ1) is 29.2. The highest BCUT2D eigenvalue weighted by molar-refractivity contribution is 6.03. The second kappa shape index (κ2) is 12.4. The van der Waals surface area contributed by atoms with Crippen LogP contribution in [0, 0.1) is 12.7 Å². The fraction of sp³-hybridized carbons (Fsp3) is 0.357. The predicted molar refractivity (Wildman–Crippen MR) is 143 cm³/mol. The molecule has 1 aromatic heterocycles. The Bertz CT molecular complexity index is 1320. The van der Waals surface area contributed by atoms with E-state index in [-0.39, 0.29) is 30.1 Å². The number of hydrogen-bond donors (Lipinski definition) is 2. The Balaban J connectivity index is 2.05. The third-order valence-corrected chi connectivity index (χ3v) is 5.57. The third kappa shape index (κ3) is 7.56. The van der Waals surface area contributed by atoms with Crippen LogP contribution in [0.1, 0.15) is 51.0 Å². The van der Waals surface area contributed by atoms with Crippen LogP contribution in [-0.2, 0) is 14.4 Å². The average Bonchev–Trinajstić information content (AvgIpc) is 3.29. The minimum Gasteiger partial charge on any atom is -0.493 e. The molecular weight excluding hydrogens is 507 g/mol. The van der Waals surface area contributed by atoms with Crippen LogP contribution in [0.15, 0.2) is 53.1 Å². The number of anilines is 2. The summed E-state index contributed by atoms with van der Waals surface area (Å²) in [6.45, 7) is 7.11. The molecule has 1 atom stereocenters. The molecule has 0 spiro atoms. The summed E-state index contributed by atoms with van der Waals surface area (Å²) >= 11 is 0. The van der Waals surface area contributed by atoms with Crippen molar-refractivity contribution in [3.8, 4) is 11.5 Å². The summed E-state index contributed by atoms with van der Waals surface area (Å²) in [7, 11) is 2.89.